The van der Waals surface area contributed by atoms with Crippen molar-refractivity contribution in [1.82, 2.24) is 10.3 Å². The molecule has 0 fully saturated rings. The molecule has 1 N–H and O–H groups in total. The van der Waals surface area contributed by atoms with Crippen molar-refractivity contribution < 1.29 is 4.92 Å². The number of thiazole rings is 1. The van der Waals surface area contributed by atoms with Crippen molar-refractivity contribution in [2.75, 3.05) is 0 Å². The van der Waals surface area contributed by atoms with Crippen LogP contribution in [-0.4, -0.2) is 9.91 Å². The Morgan fingerprint density at radius 3 is 2.82 bits per heavy atom. The van der Waals surface area contributed by atoms with E-state index in [1.165, 1.54) is 0 Å². The van der Waals surface area contributed by atoms with Gasteiger partial charge in [0.15, 0.2) is 0 Å². The smallest absolute Gasteiger partial charge is 0.307 e. The van der Waals surface area contributed by atoms with E-state index in [0.29, 0.717) is 13.1 Å². The zero-order valence-corrected chi connectivity index (χ0v) is 10.8. The number of rotatable bonds is 5. The number of nitrogens with one attached hydrogen (secondary N) is 1. The molecule has 2 rings (SSSR count). The summed E-state index contributed by atoms with van der Waals surface area (Å²) in [5.74, 6) is 0. The van der Waals surface area contributed by atoms with E-state index in [-0.39, 0.29) is 9.92 Å². The summed E-state index contributed by atoms with van der Waals surface area (Å²) < 4.78 is 0. The summed E-state index contributed by atoms with van der Waals surface area (Å²) >= 11 is 2.78. The van der Waals surface area contributed by atoms with Crippen LogP contribution in [0.25, 0.3) is 0 Å². The lowest BCUT2D eigenvalue weighted by molar-refractivity contribution is -0.380. The number of hydrogen-bond donors (Lipinski definition) is 1. The first-order chi connectivity index (χ1) is 8.15. The molecule has 0 amide bonds. The van der Waals surface area contributed by atoms with Crippen molar-refractivity contribution in [2.45, 2.75) is 20.0 Å². The van der Waals surface area contributed by atoms with Crippen molar-refractivity contribution in [2.24, 2.45) is 0 Å². The first-order valence-electron chi connectivity index (χ1n) is 4.98. The van der Waals surface area contributed by atoms with Gasteiger partial charge < -0.3 is 5.32 Å². The van der Waals surface area contributed by atoms with Gasteiger partial charge in [0, 0.05) is 29.9 Å². The van der Waals surface area contributed by atoms with Gasteiger partial charge in [-0.1, -0.05) is 11.3 Å². The number of hydrogen-bond acceptors (Lipinski definition) is 6. The Morgan fingerprint density at radius 1 is 1.41 bits per heavy atom. The molecule has 5 nitrogen and oxygen atoms in total. The van der Waals surface area contributed by atoms with Gasteiger partial charge in [-0.3, -0.25) is 10.1 Å². The Hall–Kier alpha value is -1.31. The molecule has 0 unspecified atom stereocenters. The van der Waals surface area contributed by atoms with Crippen LogP contribution in [0.15, 0.2) is 16.8 Å². The largest absolute Gasteiger partial charge is 0.324 e. The zero-order chi connectivity index (χ0) is 12.3. The maximum atomic E-state index is 10.5. The zero-order valence-electron chi connectivity index (χ0n) is 9.17. The molecule has 0 spiro atoms. The lowest BCUT2D eigenvalue weighted by Crippen LogP contribution is -2.12. The normalized spacial score (nSPS) is 10.6. The molecule has 0 radical (unpaired) electrons. The van der Waals surface area contributed by atoms with Crippen molar-refractivity contribution in [3.63, 3.8) is 0 Å². The highest BCUT2D eigenvalue weighted by atomic mass is 32.1. The van der Waals surface area contributed by atoms with Gasteiger partial charge in [0.1, 0.15) is 0 Å². The summed E-state index contributed by atoms with van der Waals surface area (Å²) in [5, 5.41) is 18.8. The summed E-state index contributed by atoms with van der Waals surface area (Å²) in [6.45, 7) is 3.28. The Kier molecular flexibility index (Phi) is 3.82. The van der Waals surface area contributed by atoms with E-state index < -0.39 is 0 Å². The Balaban J connectivity index is 1.83. The number of nitro groups is 1. The topological polar surface area (TPSA) is 68.1 Å². The van der Waals surface area contributed by atoms with E-state index >= 15 is 0 Å². The monoisotopic (exact) mass is 269 g/mol. The Morgan fingerprint density at radius 2 is 2.24 bits per heavy atom. The van der Waals surface area contributed by atoms with Gasteiger partial charge in [-0.2, -0.15) is 0 Å². The van der Waals surface area contributed by atoms with E-state index in [4.69, 9.17) is 0 Å². The van der Waals surface area contributed by atoms with Crippen molar-refractivity contribution in [3.8, 4) is 0 Å². The fraction of sp³-hybridized carbons (Fsp3) is 0.300. The standard InChI is InChI=1S/C10H11N3O2S2/c1-7-12-9(6-16-7)4-11-3-8-2-10(13(14)15)17-5-8/h2,5-6,11H,3-4H2,1H3. The highest BCUT2D eigenvalue weighted by molar-refractivity contribution is 7.13. The van der Waals surface area contributed by atoms with Crippen molar-refractivity contribution in [1.29, 1.82) is 0 Å². The maximum Gasteiger partial charge on any atom is 0.324 e. The average Bonchev–Trinajstić information content (AvgIpc) is 2.88. The van der Waals surface area contributed by atoms with E-state index in [1.54, 1.807) is 22.8 Å². The van der Waals surface area contributed by atoms with E-state index in [2.05, 4.69) is 10.3 Å². The van der Waals surface area contributed by atoms with Crippen LogP contribution in [0.5, 0.6) is 0 Å². The second-order valence-corrected chi connectivity index (χ2v) is 5.46. The van der Waals surface area contributed by atoms with Gasteiger partial charge in [-0.05, 0) is 12.5 Å². The van der Waals surface area contributed by atoms with Crippen LogP contribution in [0.1, 0.15) is 16.3 Å². The lowest BCUT2D eigenvalue weighted by Gasteiger charge is -1.99. The molecule has 0 aliphatic carbocycles. The molecule has 2 heterocycles. The molecular weight excluding hydrogens is 258 g/mol. The van der Waals surface area contributed by atoms with Gasteiger partial charge in [-0.15, -0.1) is 11.3 Å². The van der Waals surface area contributed by atoms with Gasteiger partial charge in [0.05, 0.1) is 15.6 Å². The summed E-state index contributed by atoms with van der Waals surface area (Å²) in [6, 6.07) is 1.60. The van der Waals surface area contributed by atoms with Crippen LogP contribution < -0.4 is 5.32 Å². The number of thiophene rings is 1. The Labute approximate surface area is 106 Å². The molecule has 0 saturated heterocycles. The SMILES string of the molecule is Cc1nc(CNCc2csc([N+](=O)[O-])c2)cs1. The summed E-state index contributed by atoms with van der Waals surface area (Å²) in [6.07, 6.45) is 0. The fourth-order valence-electron chi connectivity index (χ4n) is 1.38. The fourth-order valence-corrected chi connectivity index (χ4v) is 2.72. The van der Waals surface area contributed by atoms with Crippen LogP contribution in [-0.2, 0) is 13.1 Å². The minimum absolute atomic E-state index is 0.186. The molecule has 0 aliphatic rings. The predicted octanol–water partition coefficient (Wildman–Crippen LogP) is 2.71. The molecule has 0 aliphatic heterocycles. The minimum atomic E-state index is -0.363. The van der Waals surface area contributed by atoms with Crippen LogP contribution in [0.3, 0.4) is 0 Å². The molecule has 2 aromatic rings. The summed E-state index contributed by atoms with van der Waals surface area (Å²) in [5.41, 5.74) is 1.95. The van der Waals surface area contributed by atoms with Crippen LogP contribution >= 0.6 is 22.7 Å². The first-order valence-corrected chi connectivity index (χ1v) is 6.74. The second-order valence-electron chi connectivity index (χ2n) is 3.51. The van der Waals surface area contributed by atoms with Gasteiger partial charge in [-0.25, -0.2) is 4.98 Å². The predicted molar refractivity (Wildman–Crippen MR) is 68.4 cm³/mol. The van der Waals surface area contributed by atoms with Crippen LogP contribution in [0.4, 0.5) is 5.00 Å². The molecule has 90 valence electrons. The lowest BCUT2D eigenvalue weighted by atomic mass is 10.3. The average molecular weight is 269 g/mol. The van der Waals surface area contributed by atoms with Crippen LogP contribution in [0, 0.1) is 17.0 Å². The molecule has 0 saturated carbocycles. The highest BCUT2D eigenvalue weighted by Gasteiger charge is 2.09. The quantitative estimate of drug-likeness (QED) is 0.669. The molecule has 0 atom stereocenters. The van der Waals surface area contributed by atoms with E-state index in [1.807, 2.05) is 12.3 Å². The van der Waals surface area contributed by atoms with Crippen molar-refractivity contribution in [3.05, 3.63) is 43.2 Å². The number of nitrogens with zero attached hydrogens (tertiary/aromatic N) is 2. The highest BCUT2D eigenvalue weighted by Crippen LogP contribution is 2.22. The molecule has 17 heavy (non-hydrogen) atoms. The molecule has 0 bridgehead atoms. The van der Waals surface area contributed by atoms with Crippen molar-refractivity contribution >= 4 is 27.7 Å². The van der Waals surface area contributed by atoms with Gasteiger partial charge >= 0.3 is 5.00 Å². The third kappa shape index (κ3) is 3.32. The molecule has 7 heteroatoms. The van der Waals surface area contributed by atoms with Crippen LogP contribution in [0.2, 0.25) is 0 Å². The second kappa shape index (κ2) is 5.35. The first kappa shape index (κ1) is 12.2. The number of aryl methyl sites for hydroxylation is 1. The minimum Gasteiger partial charge on any atom is -0.307 e. The molecule has 0 aromatic carbocycles. The third-order valence-corrected chi connectivity index (χ3v) is 3.87. The summed E-state index contributed by atoms with van der Waals surface area (Å²) in [4.78, 5) is 14.5. The number of aromatic nitrogens is 1. The molecular formula is C10H11N3O2S2. The molecule has 2 aromatic heterocycles. The van der Waals surface area contributed by atoms with E-state index in [9.17, 15) is 10.1 Å². The maximum absolute atomic E-state index is 10.5. The third-order valence-electron chi connectivity index (χ3n) is 2.12. The Bertz CT molecular complexity index is 521. The summed E-state index contributed by atoms with van der Waals surface area (Å²) in [7, 11) is 0. The van der Waals surface area contributed by atoms with E-state index in [0.717, 1.165) is 27.6 Å². The van der Waals surface area contributed by atoms with Gasteiger partial charge in [0.25, 0.3) is 0 Å². The van der Waals surface area contributed by atoms with Gasteiger partial charge in [0.2, 0.25) is 0 Å².